The Balaban J connectivity index is 2.20. The Labute approximate surface area is 109 Å². The molecule has 19 heavy (non-hydrogen) atoms. The second-order valence-electron chi connectivity index (χ2n) is 4.75. The number of non-ortho nitro benzene ring substituents is 1. The lowest BCUT2D eigenvalue weighted by atomic mass is 10.1. The molecule has 2 aromatic rings. The standard InChI is InChI=1S/C12H15N3O4/c1-12(2,18-3)7-13-11-14-9-6-8(15(16)17)4-5-10(9)19-11/h4-6H,7H2,1-3H3,(H,13,14). The lowest BCUT2D eigenvalue weighted by Gasteiger charge is -2.22. The highest BCUT2D eigenvalue weighted by atomic mass is 16.6. The third-order valence-corrected chi connectivity index (χ3v) is 2.80. The molecule has 0 saturated carbocycles. The first-order valence-corrected chi connectivity index (χ1v) is 5.75. The highest BCUT2D eigenvalue weighted by molar-refractivity contribution is 5.77. The predicted octanol–water partition coefficient (Wildman–Crippen LogP) is 2.57. The van der Waals surface area contributed by atoms with E-state index in [0.717, 1.165) is 0 Å². The number of rotatable bonds is 5. The minimum absolute atomic E-state index is 0.00966. The summed E-state index contributed by atoms with van der Waals surface area (Å²) in [5, 5.41) is 13.7. The Bertz CT molecular complexity index is 606. The molecule has 1 heterocycles. The van der Waals surface area contributed by atoms with Crippen LogP contribution < -0.4 is 5.32 Å². The Morgan fingerprint density at radius 1 is 1.53 bits per heavy atom. The molecule has 0 aliphatic rings. The van der Waals surface area contributed by atoms with Gasteiger partial charge in [-0.1, -0.05) is 0 Å². The van der Waals surface area contributed by atoms with Crippen molar-refractivity contribution in [2.45, 2.75) is 19.4 Å². The molecule has 0 aliphatic carbocycles. The molecule has 0 atom stereocenters. The van der Waals surface area contributed by atoms with Crippen LogP contribution in [0, 0.1) is 10.1 Å². The Morgan fingerprint density at radius 2 is 2.26 bits per heavy atom. The number of oxazole rings is 1. The van der Waals surface area contributed by atoms with Crippen LogP contribution >= 0.6 is 0 Å². The van der Waals surface area contributed by atoms with Crippen molar-refractivity contribution >= 4 is 22.8 Å². The van der Waals surface area contributed by atoms with Crippen molar-refractivity contribution in [3.63, 3.8) is 0 Å². The van der Waals surface area contributed by atoms with Gasteiger partial charge in [0.1, 0.15) is 5.52 Å². The fourth-order valence-electron chi connectivity index (χ4n) is 1.47. The van der Waals surface area contributed by atoms with Crippen molar-refractivity contribution in [2.75, 3.05) is 19.0 Å². The van der Waals surface area contributed by atoms with Gasteiger partial charge >= 0.3 is 0 Å². The molecule has 0 spiro atoms. The van der Waals surface area contributed by atoms with Gasteiger partial charge in [0.2, 0.25) is 0 Å². The maximum Gasteiger partial charge on any atom is 0.295 e. The largest absolute Gasteiger partial charge is 0.424 e. The molecule has 0 amide bonds. The number of benzene rings is 1. The number of aromatic nitrogens is 1. The van der Waals surface area contributed by atoms with Crippen molar-refractivity contribution in [1.82, 2.24) is 4.98 Å². The number of hydrogen-bond acceptors (Lipinski definition) is 6. The first-order chi connectivity index (χ1) is 8.91. The quantitative estimate of drug-likeness (QED) is 0.660. The van der Waals surface area contributed by atoms with Gasteiger partial charge in [-0.3, -0.25) is 10.1 Å². The van der Waals surface area contributed by atoms with Crippen molar-refractivity contribution in [2.24, 2.45) is 0 Å². The number of fused-ring (bicyclic) bond motifs is 1. The van der Waals surface area contributed by atoms with Gasteiger partial charge in [-0.15, -0.1) is 0 Å². The molecule has 2 rings (SSSR count). The lowest BCUT2D eigenvalue weighted by Crippen LogP contribution is -2.32. The van der Waals surface area contributed by atoms with E-state index in [0.29, 0.717) is 23.7 Å². The first-order valence-electron chi connectivity index (χ1n) is 5.75. The summed E-state index contributed by atoms with van der Waals surface area (Å²) in [6.07, 6.45) is 0. The van der Waals surface area contributed by atoms with Crippen LogP contribution in [0.15, 0.2) is 22.6 Å². The second kappa shape index (κ2) is 4.85. The summed E-state index contributed by atoms with van der Waals surface area (Å²) in [5.74, 6) is 0. The molecule has 1 aromatic heterocycles. The monoisotopic (exact) mass is 265 g/mol. The second-order valence-corrected chi connectivity index (χ2v) is 4.75. The molecule has 7 nitrogen and oxygen atoms in total. The van der Waals surface area contributed by atoms with Crippen LogP contribution in [-0.2, 0) is 4.74 Å². The Kier molecular flexibility index (Phi) is 3.39. The van der Waals surface area contributed by atoms with Crippen LogP contribution in [0.5, 0.6) is 0 Å². The maximum absolute atomic E-state index is 10.7. The number of nitrogens with one attached hydrogen (secondary N) is 1. The zero-order valence-corrected chi connectivity index (χ0v) is 11.0. The zero-order chi connectivity index (χ0) is 14.0. The fraction of sp³-hybridized carbons (Fsp3) is 0.417. The summed E-state index contributed by atoms with van der Waals surface area (Å²) in [6, 6.07) is 4.62. The highest BCUT2D eigenvalue weighted by Crippen LogP contribution is 2.23. The van der Waals surface area contributed by atoms with Crippen molar-refractivity contribution in [3.05, 3.63) is 28.3 Å². The lowest BCUT2D eigenvalue weighted by molar-refractivity contribution is -0.384. The van der Waals surface area contributed by atoms with Crippen LogP contribution in [0.3, 0.4) is 0 Å². The van der Waals surface area contributed by atoms with E-state index in [4.69, 9.17) is 9.15 Å². The van der Waals surface area contributed by atoms with Gasteiger partial charge in [0.25, 0.3) is 11.7 Å². The molecule has 0 radical (unpaired) electrons. The summed E-state index contributed by atoms with van der Waals surface area (Å²) in [6.45, 7) is 4.36. The van der Waals surface area contributed by atoms with Gasteiger partial charge in [-0.05, 0) is 19.9 Å². The number of hydrogen-bond donors (Lipinski definition) is 1. The number of anilines is 1. The van der Waals surface area contributed by atoms with Crippen molar-refractivity contribution < 1.29 is 14.1 Å². The van der Waals surface area contributed by atoms with E-state index in [1.165, 1.54) is 18.2 Å². The topological polar surface area (TPSA) is 90.4 Å². The van der Waals surface area contributed by atoms with Crippen molar-refractivity contribution in [1.29, 1.82) is 0 Å². The first kappa shape index (κ1) is 13.3. The Morgan fingerprint density at radius 3 is 2.89 bits per heavy atom. The van der Waals surface area contributed by atoms with Crippen LogP contribution in [0.2, 0.25) is 0 Å². The minimum atomic E-state index is -0.463. The van der Waals surface area contributed by atoms with Crippen LogP contribution in [0.25, 0.3) is 11.1 Å². The minimum Gasteiger partial charge on any atom is -0.424 e. The van der Waals surface area contributed by atoms with E-state index >= 15 is 0 Å². The summed E-state index contributed by atoms with van der Waals surface area (Å²) < 4.78 is 10.7. The van der Waals surface area contributed by atoms with E-state index in [2.05, 4.69) is 10.3 Å². The van der Waals surface area contributed by atoms with E-state index in [1.807, 2.05) is 13.8 Å². The number of nitro benzene ring substituents is 1. The molecular formula is C12H15N3O4. The van der Waals surface area contributed by atoms with Gasteiger partial charge in [-0.2, -0.15) is 4.98 Å². The van der Waals surface area contributed by atoms with E-state index in [-0.39, 0.29) is 11.3 Å². The van der Waals surface area contributed by atoms with Crippen LogP contribution in [0.1, 0.15) is 13.8 Å². The molecule has 0 fully saturated rings. The summed E-state index contributed by atoms with van der Waals surface area (Å²) in [4.78, 5) is 14.4. The zero-order valence-electron chi connectivity index (χ0n) is 11.0. The van der Waals surface area contributed by atoms with E-state index in [9.17, 15) is 10.1 Å². The predicted molar refractivity (Wildman–Crippen MR) is 70.2 cm³/mol. The third-order valence-electron chi connectivity index (χ3n) is 2.80. The number of methoxy groups -OCH3 is 1. The number of nitrogens with zero attached hydrogens (tertiary/aromatic N) is 2. The van der Waals surface area contributed by atoms with E-state index in [1.54, 1.807) is 7.11 Å². The number of nitro groups is 1. The molecule has 0 unspecified atom stereocenters. The molecule has 0 aliphatic heterocycles. The van der Waals surface area contributed by atoms with Gasteiger partial charge in [0, 0.05) is 25.8 Å². The molecule has 1 N–H and O–H groups in total. The maximum atomic E-state index is 10.7. The van der Waals surface area contributed by atoms with Gasteiger partial charge in [-0.25, -0.2) is 0 Å². The molecule has 102 valence electrons. The molecule has 0 bridgehead atoms. The summed E-state index contributed by atoms with van der Waals surface area (Å²) in [7, 11) is 1.62. The molecule has 1 aromatic carbocycles. The fourth-order valence-corrected chi connectivity index (χ4v) is 1.47. The SMILES string of the molecule is COC(C)(C)CNc1nc2cc([N+](=O)[O-])ccc2o1. The van der Waals surface area contributed by atoms with Crippen LogP contribution in [0.4, 0.5) is 11.7 Å². The normalized spacial score (nSPS) is 11.7. The average molecular weight is 265 g/mol. The van der Waals surface area contributed by atoms with Crippen LogP contribution in [-0.4, -0.2) is 29.2 Å². The summed E-state index contributed by atoms with van der Waals surface area (Å²) >= 11 is 0. The van der Waals surface area contributed by atoms with Crippen molar-refractivity contribution in [3.8, 4) is 0 Å². The highest BCUT2D eigenvalue weighted by Gasteiger charge is 2.18. The molecule has 0 saturated heterocycles. The molecule has 7 heteroatoms. The number of ether oxygens (including phenoxy) is 1. The molecular weight excluding hydrogens is 250 g/mol. The van der Waals surface area contributed by atoms with E-state index < -0.39 is 4.92 Å². The smallest absolute Gasteiger partial charge is 0.295 e. The van der Waals surface area contributed by atoms with Gasteiger partial charge < -0.3 is 14.5 Å². The third kappa shape index (κ3) is 3.00. The van der Waals surface area contributed by atoms with Gasteiger partial charge in [0.05, 0.1) is 10.5 Å². The Hall–Kier alpha value is -2.15. The van der Waals surface area contributed by atoms with Gasteiger partial charge in [0.15, 0.2) is 5.58 Å². The summed E-state index contributed by atoms with van der Waals surface area (Å²) in [5.41, 5.74) is 0.590. The average Bonchev–Trinajstić information content (AvgIpc) is 2.78.